The fraction of sp³-hybridized carbons (Fsp3) is 0.222. The number of halogens is 1. The van der Waals surface area contributed by atoms with E-state index in [1.807, 2.05) is 36.4 Å². The molecule has 0 aliphatic carbocycles. The van der Waals surface area contributed by atoms with E-state index in [-0.39, 0.29) is 24.9 Å². The summed E-state index contributed by atoms with van der Waals surface area (Å²) < 4.78 is 4.68. The summed E-state index contributed by atoms with van der Waals surface area (Å²) >= 11 is 0. The van der Waals surface area contributed by atoms with E-state index in [2.05, 4.69) is 4.74 Å². The molecule has 6 heteroatoms. The number of hydrogen-bond donors (Lipinski definition) is 1. The largest absolute Gasteiger partial charge is 0.468 e. The molecule has 0 aliphatic rings. The van der Waals surface area contributed by atoms with Crippen LogP contribution >= 0.6 is 12.4 Å². The zero-order chi connectivity index (χ0) is 16.7. The zero-order valence-corrected chi connectivity index (χ0v) is 14.2. The highest BCUT2D eigenvalue weighted by molar-refractivity contribution is 6.00. The number of methoxy groups -OCH3 is 1. The fourth-order valence-electron chi connectivity index (χ4n) is 2.25. The van der Waals surface area contributed by atoms with Crippen LogP contribution in [-0.4, -0.2) is 31.6 Å². The van der Waals surface area contributed by atoms with Gasteiger partial charge < -0.3 is 10.5 Å². The van der Waals surface area contributed by atoms with Crippen LogP contribution in [0.2, 0.25) is 0 Å². The number of carbonyl (C=O) groups is 2. The Balaban J connectivity index is 0.00000288. The van der Waals surface area contributed by atoms with E-state index in [4.69, 9.17) is 5.73 Å². The van der Waals surface area contributed by atoms with Gasteiger partial charge in [0.2, 0.25) is 5.91 Å². The minimum absolute atomic E-state index is 0. The highest BCUT2D eigenvalue weighted by Crippen LogP contribution is 2.15. The predicted octanol–water partition coefficient (Wildman–Crippen LogP) is 2.18. The molecule has 5 nitrogen and oxygen atoms in total. The Morgan fingerprint density at radius 2 is 1.58 bits per heavy atom. The number of esters is 1. The SMILES string of the molecule is COC(=O)CN(C(=O)[C@@H](N)Cc1ccccc1)c1ccccc1.Cl. The summed E-state index contributed by atoms with van der Waals surface area (Å²) in [4.78, 5) is 25.7. The summed E-state index contributed by atoms with van der Waals surface area (Å²) in [5.74, 6) is -0.806. The molecule has 2 aromatic rings. The van der Waals surface area contributed by atoms with Crippen molar-refractivity contribution in [2.24, 2.45) is 5.73 Å². The maximum atomic E-state index is 12.7. The summed E-state index contributed by atoms with van der Waals surface area (Å²) in [7, 11) is 1.29. The third kappa shape index (κ3) is 5.37. The van der Waals surface area contributed by atoms with Crippen LogP contribution in [0.4, 0.5) is 5.69 Å². The standard InChI is InChI=1S/C18H20N2O3.ClH/c1-23-17(21)13-20(15-10-6-3-7-11-15)18(22)16(19)12-14-8-4-2-5-9-14;/h2-11,16H,12-13,19H2,1H3;1H/t16-;/m0./s1. The Bertz CT molecular complexity index is 650. The molecule has 0 saturated carbocycles. The Morgan fingerprint density at radius 3 is 2.12 bits per heavy atom. The fourth-order valence-corrected chi connectivity index (χ4v) is 2.25. The van der Waals surface area contributed by atoms with Gasteiger partial charge in [0.15, 0.2) is 0 Å². The molecule has 0 radical (unpaired) electrons. The molecule has 0 bridgehead atoms. The smallest absolute Gasteiger partial charge is 0.325 e. The molecule has 0 aliphatic heterocycles. The highest BCUT2D eigenvalue weighted by atomic mass is 35.5. The van der Waals surface area contributed by atoms with Crippen molar-refractivity contribution >= 4 is 30.0 Å². The zero-order valence-electron chi connectivity index (χ0n) is 13.4. The van der Waals surface area contributed by atoms with Crippen molar-refractivity contribution < 1.29 is 14.3 Å². The van der Waals surface area contributed by atoms with E-state index >= 15 is 0 Å². The van der Waals surface area contributed by atoms with Crippen molar-refractivity contribution in [2.45, 2.75) is 12.5 Å². The van der Waals surface area contributed by atoms with E-state index in [1.165, 1.54) is 12.0 Å². The number of anilines is 1. The van der Waals surface area contributed by atoms with Crippen molar-refractivity contribution in [1.82, 2.24) is 0 Å². The number of carbonyl (C=O) groups excluding carboxylic acids is 2. The van der Waals surface area contributed by atoms with Gasteiger partial charge in [-0.2, -0.15) is 0 Å². The van der Waals surface area contributed by atoms with Crippen LogP contribution < -0.4 is 10.6 Å². The Kier molecular flexibility index (Phi) is 7.95. The number of benzene rings is 2. The summed E-state index contributed by atoms with van der Waals surface area (Å²) in [5.41, 5.74) is 7.65. The van der Waals surface area contributed by atoms with Crippen molar-refractivity contribution in [3.8, 4) is 0 Å². The van der Waals surface area contributed by atoms with Crippen LogP contribution in [0.1, 0.15) is 5.56 Å². The molecular formula is C18H21ClN2O3. The first-order chi connectivity index (χ1) is 11.1. The van der Waals surface area contributed by atoms with Crippen molar-refractivity contribution in [1.29, 1.82) is 0 Å². The summed E-state index contributed by atoms with van der Waals surface area (Å²) in [6.07, 6.45) is 0.407. The summed E-state index contributed by atoms with van der Waals surface area (Å²) in [6, 6.07) is 17.8. The van der Waals surface area contributed by atoms with Gasteiger partial charge in [-0.1, -0.05) is 48.5 Å². The number of para-hydroxylation sites is 1. The van der Waals surface area contributed by atoms with Gasteiger partial charge in [-0.3, -0.25) is 14.5 Å². The van der Waals surface area contributed by atoms with Gasteiger partial charge in [-0.15, -0.1) is 12.4 Å². The van der Waals surface area contributed by atoms with Crippen LogP contribution in [0.15, 0.2) is 60.7 Å². The number of ether oxygens (including phenoxy) is 1. The number of hydrogen-bond acceptors (Lipinski definition) is 4. The normalized spacial score (nSPS) is 11.1. The Hall–Kier alpha value is -2.37. The summed E-state index contributed by atoms with van der Waals surface area (Å²) in [5, 5.41) is 0. The molecule has 0 spiro atoms. The van der Waals surface area contributed by atoms with Crippen LogP contribution in [0.3, 0.4) is 0 Å². The maximum absolute atomic E-state index is 12.7. The van der Waals surface area contributed by atoms with Crippen molar-refractivity contribution in [2.75, 3.05) is 18.6 Å². The van der Waals surface area contributed by atoms with Gasteiger partial charge in [0, 0.05) is 5.69 Å². The van der Waals surface area contributed by atoms with Gasteiger partial charge in [0.05, 0.1) is 13.2 Å². The lowest BCUT2D eigenvalue weighted by Gasteiger charge is -2.24. The van der Waals surface area contributed by atoms with E-state index in [0.717, 1.165) is 5.56 Å². The molecule has 128 valence electrons. The lowest BCUT2D eigenvalue weighted by atomic mass is 10.1. The average Bonchev–Trinajstić information content (AvgIpc) is 2.60. The second-order valence-electron chi connectivity index (χ2n) is 5.13. The van der Waals surface area contributed by atoms with Crippen molar-refractivity contribution in [3.63, 3.8) is 0 Å². The van der Waals surface area contributed by atoms with Crippen molar-refractivity contribution in [3.05, 3.63) is 66.2 Å². The first kappa shape index (κ1) is 19.7. The molecule has 0 fully saturated rings. The highest BCUT2D eigenvalue weighted by Gasteiger charge is 2.25. The molecular weight excluding hydrogens is 328 g/mol. The molecule has 1 amide bonds. The van der Waals surface area contributed by atoms with E-state index < -0.39 is 12.0 Å². The minimum atomic E-state index is -0.734. The first-order valence-corrected chi connectivity index (χ1v) is 7.34. The molecule has 1 atom stereocenters. The monoisotopic (exact) mass is 348 g/mol. The van der Waals surface area contributed by atoms with Gasteiger partial charge >= 0.3 is 5.97 Å². The second kappa shape index (κ2) is 9.70. The molecule has 2 aromatic carbocycles. The van der Waals surface area contributed by atoms with Crippen LogP contribution in [-0.2, 0) is 20.7 Å². The second-order valence-corrected chi connectivity index (χ2v) is 5.13. The molecule has 2 N–H and O–H groups in total. The Morgan fingerprint density at radius 1 is 1.04 bits per heavy atom. The number of amides is 1. The third-order valence-electron chi connectivity index (χ3n) is 3.46. The quantitative estimate of drug-likeness (QED) is 0.812. The topological polar surface area (TPSA) is 72.6 Å². The number of rotatable bonds is 6. The van der Waals surface area contributed by atoms with Gasteiger partial charge in [-0.25, -0.2) is 0 Å². The Labute approximate surface area is 147 Å². The van der Waals surface area contributed by atoms with Gasteiger partial charge in [0.1, 0.15) is 6.54 Å². The van der Waals surface area contributed by atoms with Gasteiger partial charge in [0.25, 0.3) is 0 Å². The van der Waals surface area contributed by atoms with E-state index in [1.54, 1.807) is 24.3 Å². The molecule has 0 heterocycles. The van der Waals surface area contributed by atoms with Crippen LogP contribution in [0.25, 0.3) is 0 Å². The third-order valence-corrected chi connectivity index (χ3v) is 3.46. The molecule has 24 heavy (non-hydrogen) atoms. The van der Waals surface area contributed by atoms with Crippen LogP contribution in [0, 0.1) is 0 Å². The van der Waals surface area contributed by atoms with Crippen LogP contribution in [0.5, 0.6) is 0 Å². The molecule has 2 rings (SSSR count). The maximum Gasteiger partial charge on any atom is 0.325 e. The number of nitrogens with two attached hydrogens (primary N) is 1. The molecule has 0 aromatic heterocycles. The van der Waals surface area contributed by atoms with Gasteiger partial charge in [-0.05, 0) is 24.1 Å². The summed E-state index contributed by atoms with van der Waals surface area (Å²) in [6.45, 7) is -0.165. The average molecular weight is 349 g/mol. The molecule has 0 unspecified atom stereocenters. The predicted molar refractivity (Wildman–Crippen MR) is 96.2 cm³/mol. The first-order valence-electron chi connectivity index (χ1n) is 7.34. The number of nitrogens with zero attached hydrogens (tertiary/aromatic N) is 1. The minimum Gasteiger partial charge on any atom is -0.468 e. The molecule has 0 saturated heterocycles. The van der Waals surface area contributed by atoms with E-state index in [9.17, 15) is 9.59 Å². The lowest BCUT2D eigenvalue weighted by Crippen LogP contribution is -2.47. The van der Waals surface area contributed by atoms with E-state index in [0.29, 0.717) is 12.1 Å². The lowest BCUT2D eigenvalue weighted by molar-refractivity contribution is -0.140.